The van der Waals surface area contributed by atoms with Crippen molar-refractivity contribution in [2.45, 2.75) is 0 Å². The number of para-hydroxylation sites is 1. The van der Waals surface area contributed by atoms with Crippen LogP contribution in [0.25, 0.3) is 28.0 Å². The minimum Gasteiger partial charge on any atom is -0.454 e. The van der Waals surface area contributed by atoms with Crippen LogP contribution in [0.5, 0.6) is 0 Å². The molecule has 0 spiro atoms. The molecule has 0 unspecified atom stereocenters. The van der Waals surface area contributed by atoms with E-state index in [2.05, 4.69) is 15.1 Å². The second-order valence-corrected chi connectivity index (χ2v) is 7.14. The summed E-state index contributed by atoms with van der Waals surface area (Å²) in [7, 11) is 0. The van der Waals surface area contributed by atoms with E-state index in [0.29, 0.717) is 17.1 Å². The van der Waals surface area contributed by atoms with Crippen LogP contribution in [0, 0.1) is 0 Å². The average Bonchev–Trinajstić information content (AvgIpc) is 3.51. The Morgan fingerprint density at radius 2 is 1.75 bits per heavy atom. The molecule has 0 fully saturated rings. The maximum Gasteiger partial charge on any atom is 0.340 e. The third-order valence-corrected chi connectivity index (χ3v) is 5.10. The molecule has 0 saturated heterocycles. The molecular weight excluding hydrogens is 404 g/mol. The molecule has 0 saturated carbocycles. The Kier molecular flexibility index (Phi) is 5.05. The van der Waals surface area contributed by atoms with Crippen molar-refractivity contribution in [2.24, 2.45) is 0 Å². The van der Waals surface area contributed by atoms with Crippen LogP contribution < -0.4 is 0 Å². The van der Waals surface area contributed by atoms with Gasteiger partial charge in [-0.05, 0) is 29.8 Å². The fourth-order valence-corrected chi connectivity index (χ4v) is 3.59. The number of H-pyrrole nitrogens is 1. The Morgan fingerprint density at radius 1 is 0.938 bits per heavy atom. The first-order chi connectivity index (χ1) is 15.7. The lowest BCUT2D eigenvalue weighted by Crippen LogP contribution is -2.15. The molecule has 0 bridgehead atoms. The monoisotopic (exact) mass is 422 g/mol. The molecule has 156 valence electrons. The number of ether oxygens (including phenoxy) is 1. The number of hydrogen-bond acceptors (Lipinski definition) is 5. The van der Waals surface area contributed by atoms with Crippen molar-refractivity contribution in [3.05, 3.63) is 103 Å². The molecule has 0 aliphatic carbocycles. The number of rotatable bonds is 6. The number of pyridine rings is 1. The van der Waals surface area contributed by atoms with Gasteiger partial charge in [0.05, 0.1) is 16.8 Å². The zero-order valence-electron chi connectivity index (χ0n) is 16.9. The molecule has 7 nitrogen and oxygen atoms in total. The highest BCUT2D eigenvalue weighted by Crippen LogP contribution is 2.30. The third kappa shape index (κ3) is 3.67. The summed E-state index contributed by atoms with van der Waals surface area (Å²) in [5.74, 6) is -0.316. The molecule has 2 aromatic carbocycles. The van der Waals surface area contributed by atoms with Gasteiger partial charge in [-0.25, -0.2) is 14.5 Å². The summed E-state index contributed by atoms with van der Waals surface area (Å²) in [5.41, 5.74) is 3.21. The Balaban J connectivity index is 1.37. The van der Waals surface area contributed by atoms with Crippen LogP contribution in [-0.2, 0) is 4.74 Å². The van der Waals surface area contributed by atoms with Gasteiger partial charge in [0.1, 0.15) is 0 Å². The Hall–Kier alpha value is -4.52. The molecule has 0 aliphatic heterocycles. The Labute approximate surface area is 183 Å². The number of carbonyl (C=O) groups excluding carboxylic acids is 2. The number of carbonyl (C=O) groups is 2. The number of aromatic amines is 1. The predicted molar refractivity (Wildman–Crippen MR) is 120 cm³/mol. The van der Waals surface area contributed by atoms with Crippen molar-refractivity contribution in [3.8, 4) is 17.1 Å². The predicted octanol–water partition coefficient (Wildman–Crippen LogP) is 4.46. The number of nitrogens with one attached hydrogen (secondary N) is 1. The quantitative estimate of drug-likeness (QED) is 0.322. The smallest absolute Gasteiger partial charge is 0.340 e. The average molecular weight is 422 g/mol. The molecular formula is C25H18N4O3. The van der Waals surface area contributed by atoms with Crippen LogP contribution in [0.15, 0.2) is 91.4 Å². The number of hydrogen-bond donors (Lipinski definition) is 1. The van der Waals surface area contributed by atoms with Crippen LogP contribution in [0.4, 0.5) is 0 Å². The minimum atomic E-state index is -0.612. The van der Waals surface area contributed by atoms with Gasteiger partial charge in [-0.2, -0.15) is 5.10 Å². The maximum atomic E-state index is 13.1. The summed E-state index contributed by atoms with van der Waals surface area (Å²) in [4.78, 5) is 33.2. The van der Waals surface area contributed by atoms with Crippen molar-refractivity contribution in [1.29, 1.82) is 0 Å². The third-order valence-electron chi connectivity index (χ3n) is 5.10. The van der Waals surface area contributed by atoms with E-state index in [0.717, 1.165) is 16.5 Å². The molecule has 1 N–H and O–H groups in total. The van der Waals surface area contributed by atoms with Crippen molar-refractivity contribution >= 4 is 22.7 Å². The maximum absolute atomic E-state index is 13.1. The van der Waals surface area contributed by atoms with Crippen LogP contribution in [0.2, 0.25) is 0 Å². The van der Waals surface area contributed by atoms with Crippen LogP contribution in [-0.4, -0.2) is 38.1 Å². The van der Waals surface area contributed by atoms with Gasteiger partial charge in [0.2, 0.25) is 5.78 Å². The highest BCUT2D eigenvalue weighted by atomic mass is 16.5. The van der Waals surface area contributed by atoms with Crippen LogP contribution >= 0.6 is 0 Å². The van der Waals surface area contributed by atoms with E-state index < -0.39 is 5.97 Å². The lowest BCUT2D eigenvalue weighted by molar-refractivity contribution is 0.0475. The Bertz CT molecular complexity index is 1390. The van der Waals surface area contributed by atoms with Crippen molar-refractivity contribution in [1.82, 2.24) is 19.7 Å². The molecule has 0 radical (unpaired) electrons. The van der Waals surface area contributed by atoms with E-state index in [1.54, 1.807) is 35.3 Å². The molecule has 3 aromatic heterocycles. The largest absolute Gasteiger partial charge is 0.454 e. The van der Waals surface area contributed by atoms with E-state index in [-0.39, 0.29) is 18.0 Å². The first-order valence-electron chi connectivity index (χ1n) is 10.0. The normalized spacial score (nSPS) is 10.9. The molecule has 32 heavy (non-hydrogen) atoms. The van der Waals surface area contributed by atoms with Gasteiger partial charge in [0.25, 0.3) is 0 Å². The first-order valence-corrected chi connectivity index (χ1v) is 10.0. The highest BCUT2D eigenvalue weighted by molar-refractivity contribution is 6.14. The fraction of sp³-hybridized carbons (Fsp3) is 0.0400. The van der Waals surface area contributed by atoms with E-state index >= 15 is 0 Å². The van der Waals surface area contributed by atoms with Gasteiger partial charge in [-0.1, -0.05) is 48.5 Å². The van der Waals surface area contributed by atoms with Gasteiger partial charge in [0, 0.05) is 29.5 Å². The second-order valence-electron chi connectivity index (χ2n) is 7.14. The molecule has 3 heterocycles. The molecule has 0 atom stereocenters. The van der Waals surface area contributed by atoms with Crippen LogP contribution in [0.3, 0.4) is 0 Å². The van der Waals surface area contributed by atoms with E-state index in [1.807, 2.05) is 54.6 Å². The lowest BCUT2D eigenvalue weighted by atomic mass is 10.0. The SMILES string of the molecule is O=C(OCC(=O)c1c(-c2ccccc2)[nH]c2ccccc12)c1ccc(-n2cccn2)nc1. The number of aromatic nitrogens is 4. The number of nitrogens with zero attached hydrogens (tertiary/aromatic N) is 3. The van der Waals surface area contributed by atoms with Crippen molar-refractivity contribution in [2.75, 3.05) is 6.61 Å². The second kappa shape index (κ2) is 8.31. The number of esters is 1. The molecule has 0 amide bonds. The summed E-state index contributed by atoms with van der Waals surface area (Å²) < 4.78 is 6.90. The molecule has 0 aliphatic rings. The minimum absolute atomic E-state index is 0.260. The van der Waals surface area contributed by atoms with Gasteiger partial charge in [-0.3, -0.25) is 4.79 Å². The summed E-state index contributed by atoms with van der Waals surface area (Å²) >= 11 is 0. The molecule has 5 rings (SSSR count). The Morgan fingerprint density at radius 3 is 2.50 bits per heavy atom. The zero-order chi connectivity index (χ0) is 21.9. The summed E-state index contributed by atoms with van der Waals surface area (Å²) in [6, 6.07) is 22.2. The number of Topliss-reactive ketones (excluding diaryl/α,β-unsaturated/α-hetero) is 1. The van der Waals surface area contributed by atoms with Gasteiger partial charge >= 0.3 is 5.97 Å². The van der Waals surface area contributed by atoms with E-state index in [1.165, 1.54) is 6.20 Å². The van der Waals surface area contributed by atoms with Crippen molar-refractivity contribution < 1.29 is 14.3 Å². The summed E-state index contributed by atoms with van der Waals surface area (Å²) in [6.07, 6.45) is 4.80. The van der Waals surface area contributed by atoms with Crippen LogP contribution in [0.1, 0.15) is 20.7 Å². The lowest BCUT2D eigenvalue weighted by Gasteiger charge is -2.07. The van der Waals surface area contributed by atoms with Gasteiger partial charge in [0.15, 0.2) is 12.4 Å². The summed E-state index contributed by atoms with van der Waals surface area (Å²) in [5, 5.41) is 4.89. The first kappa shape index (κ1) is 19.4. The molecule has 5 aromatic rings. The zero-order valence-corrected chi connectivity index (χ0v) is 16.9. The number of ketones is 1. The van der Waals surface area contributed by atoms with E-state index in [9.17, 15) is 9.59 Å². The van der Waals surface area contributed by atoms with E-state index in [4.69, 9.17) is 4.74 Å². The topological polar surface area (TPSA) is 89.9 Å². The standard InChI is InChI=1S/C25H18N4O3/c30-21(16-32-25(31)18-11-12-22(26-15-18)29-14-6-13-27-29)23-19-9-4-5-10-20(19)28-24(23)17-7-2-1-3-8-17/h1-15,28H,16H2. The van der Waals surface area contributed by atoms with Gasteiger partial charge < -0.3 is 9.72 Å². The number of benzene rings is 2. The summed E-state index contributed by atoms with van der Waals surface area (Å²) in [6.45, 7) is -0.374. The highest BCUT2D eigenvalue weighted by Gasteiger charge is 2.21. The van der Waals surface area contributed by atoms with Gasteiger partial charge in [-0.15, -0.1) is 0 Å². The molecule has 7 heteroatoms. The fourth-order valence-electron chi connectivity index (χ4n) is 3.59. The number of fused-ring (bicyclic) bond motifs is 1. The van der Waals surface area contributed by atoms with Crippen molar-refractivity contribution in [3.63, 3.8) is 0 Å².